The summed E-state index contributed by atoms with van der Waals surface area (Å²) in [5.41, 5.74) is 2.50. The molecule has 3 heterocycles. The Bertz CT molecular complexity index is 634. The summed E-state index contributed by atoms with van der Waals surface area (Å²) in [6.07, 6.45) is -3.67. The lowest BCUT2D eigenvalue weighted by atomic mass is 10.1. The Morgan fingerprint density at radius 2 is 2.00 bits per heavy atom. The molecule has 0 bridgehead atoms. The SMILES string of the molecule is CN1CCc2nc(-c3ccc(C(F)(F)F)o3)ccc2C1. The van der Waals surface area contributed by atoms with Crippen molar-refractivity contribution in [2.75, 3.05) is 13.6 Å². The Hall–Kier alpha value is -1.82. The highest BCUT2D eigenvalue weighted by Gasteiger charge is 2.35. The van der Waals surface area contributed by atoms with Gasteiger partial charge in [0.05, 0.1) is 0 Å². The Morgan fingerprint density at radius 1 is 1.20 bits per heavy atom. The molecule has 1 aliphatic rings. The first-order valence-corrected chi connectivity index (χ1v) is 6.28. The van der Waals surface area contributed by atoms with Crippen LogP contribution in [0.1, 0.15) is 17.0 Å². The molecule has 0 saturated carbocycles. The van der Waals surface area contributed by atoms with Gasteiger partial charge in [-0.05, 0) is 30.8 Å². The molecule has 0 saturated heterocycles. The number of fused-ring (bicyclic) bond motifs is 1. The van der Waals surface area contributed by atoms with Crippen molar-refractivity contribution in [1.82, 2.24) is 9.88 Å². The van der Waals surface area contributed by atoms with E-state index in [1.54, 1.807) is 6.07 Å². The predicted molar refractivity (Wildman–Crippen MR) is 67.0 cm³/mol. The smallest absolute Gasteiger partial charge is 0.449 e. The molecule has 3 nitrogen and oxygen atoms in total. The van der Waals surface area contributed by atoms with E-state index in [4.69, 9.17) is 4.42 Å². The van der Waals surface area contributed by atoms with Gasteiger partial charge in [-0.25, -0.2) is 4.98 Å². The molecular weight excluding hydrogens is 269 g/mol. The van der Waals surface area contributed by atoms with Gasteiger partial charge in [-0.15, -0.1) is 0 Å². The molecule has 3 rings (SSSR count). The molecule has 6 heteroatoms. The molecule has 0 amide bonds. The van der Waals surface area contributed by atoms with Gasteiger partial charge in [0.25, 0.3) is 0 Å². The van der Waals surface area contributed by atoms with Gasteiger partial charge in [-0.1, -0.05) is 6.07 Å². The zero-order valence-corrected chi connectivity index (χ0v) is 10.9. The Balaban J connectivity index is 1.93. The second-order valence-electron chi connectivity index (χ2n) is 4.95. The van der Waals surface area contributed by atoms with Crippen LogP contribution in [0.15, 0.2) is 28.7 Å². The van der Waals surface area contributed by atoms with Crippen molar-refractivity contribution in [3.63, 3.8) is 0 Å². The first-order chi connectivity index (χ1) is 9.43. The fourth-order valence-corrected chi connectivity index (χ4v) is 2.32. The number of furan rings is 1. The second kappa shape index (κ2) is 4.63. The quantitative estimate of drug-likeness (QED) is 0.803. The van der Waals surface area contributed by atoms with Crippen LogP contribution in [0, 0.1) is 0 Å². The third kappa shape index (κ3) is 2.43. The molecule has 0 aromatic carbocycles. The number of nitrogens with zero attached hydrogens (tertiary/aromatic N) is 2. The van der Waals surface area contributed by atoms with Crippen molar-refractivity contribution in [2.24, 2.45) is 0 Å². The normalized spacial score (nSPS) is 16.2. The molecule has 0 fully saturated rings. The van der Waals surface area contributed by atoms with Crippen molar-refractivity contribution >= 4 is 0 Å². The molecule has 1 aliphatic heterocycles. The number of rotatable bonds is 1. The monoisotopic (exact) mass is 282 g/mol. The van der Waals surface area contributed by atoms with E-state index in [2.05, 4.69) is 9.88 Å². The fraction of sp³-hybridized carbons (Fsp3) is 0.357. The summed E-state index contributed by atoms with van der Waals surface area (Å²) in [6.45, 7) is 1.71. The van der Waals surface area contributed by atoms with Crippen molar-refractivity contribution in [3.8, 4) is 11.5 Å². The minimum atomic E-state index is -4.46. The van der Waals surface area contributed by atoms with Crippen LogP contribution in [0.25, 0.3) is 11.5 Å². The lowest BCUT2D eigenvalue weighted by Crippen LogP contribution is -2.27. The number of alkyl halides is 3. The fourth-order valence-electron chi connectivity index (χ4n) is 2.32. The minimum Gasteiger partial charge on any atom is -0.450 e. The van der Waals surface area contributed by atoms with Crippen molar-refractivity contribution in [1.29, 1.82) is 0 Å². The maximum absolute atomic E-state index is 12.5. The summed E-state index contributed by atoms with van der Waals surface area (Å²) < 4.78 is 42.4. The van der Waals surface area contributed by atoms with Crippen LogP contribution in [0.2, 0.25) is 0 Å². The highest BCUT2D eigenvalue weighted by Crippen LogP contribution is 2.33. The summed E-state index contributed by atoms with van der Waals surface area (Å²) in [5, 5.41) is 0. The van der Waals surface area contributed by atoms with Crippen LogP contribution >= 0.6 is 0 Å². The van der Waals surface area contributed by atoms with Gasteiger partial charge in [-0.3, -0.25) is 0 Å². The number of hydrogen-bond donors (Lipinski definition) is 0. The highest BCUT2D eigenvalue weighted by atomic mass is 19.4. The van der Waals surface area contributed by atoms with Crippen LogP contribution < -0.4 is 0 Å². The van der Waals surface area contributed by atoms with E-state index in [1.807, 2.05) is 13.1 Å². The van der Waals surface area contributed by atoms with Gasteiger partial charge in [0, 0.05) is 25.2 Å². The number of pyridine rings is 1. The van der Waals surface area contributed by atoms with E-state index in [-0.39, 0.29) is 5.76 Å². The summed E-state index contributed by atoms with van der Waals surface area (Å²) >= 11 is 0. The van der Waals surface area contributed by atoms with Gasteiger partial charge in [0.15, 0.2) is 5.76 Å². The molecule has 20 heavy (non-hydrogen) atoms. The van der Waals surface area contributed by atoms with Crippen LogP contribution in [0.4, 0.5) is 13.2 Å². The largest absolute Gasteiger partial charge is 0.450 e. The molecule has 0 radical (unpaired) electrons. The zero-order chi connectivity index (χ0) is 14.3. The Kier molecular flexibility index (Phi) is 3.05. The molecule has 0 spiro atoms. The molecule has 0 atom stereocenters. The highest BCUT2D eigenvalue weighted by molar-refractivity contribution is 5.53. The van der Waals surface area contributed by atoms with Gasteiger partial charge < -0.3 is 9.32 Å². The van der Waals surface area contributed by atoms with Crippen molar-refractivity contribution < 1.29 is 17.6 Å². The molecule has 2 aromatic rings. The third-order valence-electron chi connectivity index (χ3n) is 3.38. The number of likely N-dealkylation sites (N-methyl/N-ethyl adjacent to an activating group) is 1. The van der Waals surface area contributed by atoms with Gasteiger partial charge in [0.1, 0.15) is 5.69 Å². The van der Waals surface area contributed by atoms with Gasteiger partial charge in [0.2, 0.25) is 5.76 Å². The molecule has 2 aromatic heterocycles. The van der Waals surface area contributed by atoms with E-state index in [0.29, 0.717) is 5.69 Å². The standard InChI is InChI=1S/C14H13F3N2O/c1-19-7-6-10-9(8-19)2-3-11(18-10)12-4-5-13(20-12)14(15,16)17/h2-5H,6-8H2,1H3. The first-order valence-electron chi connectivity index (χ1n) is 6.28. The van der Waals surface area contributed by atoms with E-state index < -0.39 is 11.9 Å². The van der Waals surface area contributed by atoms with Crippen molar-refractivity contribution in [3.05, 3.63) is 41.3 Å². The topological polar surface area (TPSA) is 29.3 Å². The molecule has 0 N–H and O–H groups in total. The average Bonchev–Trinajstić information content (AvgIpc) is 2.87. The number of halogens is 3. The summed E-state index contributed by atoms with van der Waals surface area (Å²) in [4.78, 5) is 6.60. The summed E-state index contributed by atoms with van der Waals surface area (Å²) in [5.74, 6) is -0.842. The second-order valence-corrected chi connectivity index (χ2v) is 4.95. The van der Waals surface area contributed by atoms with Crippen molar-refractivity contribution in [2.45, 2.75) is 19.1 Å². The maximum Gasteiger partial charge on any atom is 0.449 e. The van der Waals surface area contributed by atoms with E-state index in [0.717, 1.165) is 36.8 Å². The zero-order valence-electron chi connectivity index (χ0n) is 10.9. The van der Waals surface area contributed by atoms with Gasteiger partial charge >= 0.3 is 6.18 Å². The first kappa shape index (κ1) is 13.2. The van der Waals surface area contributed by atoms with E-state index >= 15 is 0 Å². The Morgan fingerprint density at radius 3 is 2.70 bits per heavy atom. The summed E-state index contributed by atoms with van der Waals surface area (Å²) in [6, 6.07) is 5.86. The third-order valence-corrected chi connectivity index (χ3v) is 3.38. The molecular formula is C14H13F3N2O. The van der Waals surface area contributed by atoms with E-state index in [9.17, 15) is 13.2 Å². The molecule has 106 valence electrons. The van der Waals surface area contributed by atoms with Crippen LogP contribution in [-0.2, 0) is 19.1 Å². The van der Waals surface area contributed by atoms with Gasteiger partial charge in [-0.2, -0.15) is 13.2 Å². The number of aromatic nitrogens is 1. The van der Waals surface area contributed by atoms with Crippen LogP contribution in [0.3, 0.4) is 0 Å². The minimum absolute atomic E-state index is 0.152. The van der Waals surface area contributed by atoms with E-state index in [1.165, 1.54) is 6.07 Å². The summed E-state index contributed by atoms with van der Waals surface area (Å²) in [7, 11) is 2.03. The molecule has 0 aliphatic carbocycles. The predicted octanol–water partition coefficient (Wildman–Crippen LogP) is 3.35. The average molecular weight is 282 g/mol. The van der Waals surface area contributed by atoms with Crippen LogP contribution in [-0.4, -0.2) is 23.5 Å². The Labute approximate surface area is 114 Å². The maximum atomic E-state index is 12.5. The van der Waals surface area contributed by atoms with Crippen LogP contribution in [0.5, 0.6) is 0 Å². The lowest BCUT2D eigenvalue weighted by Gasteiger charge is -2.24. The lowest BCUT2D eigenvalue weighted by molar-refractivity contribution is -0.152. The number of hydrogen-bond acceptors (Lipinski definition) is 3. The molecule has 0 unspecified atom stereocenters.